The summed E-state index contributed by atoms with van der Waals surface area (Å²) in [6.45, 7) is 1.56. The van der Waals surface area contributed by atoms with E-state index in [-0.39, 0.29) is 23.6 Å². The third-order valence-corrected chi connectivity index (χ3v) is 6.04. The Hall–Kier alpha value is -3.79. The smallest absolute Gasteiger partial charge is 0.255 e. The average Bonchev–Trinajstić information content (AvgIpc) is 3.47. The summed E-state index contributed by atoms with van der Waals surface area (Å²) in [5.41, 5.74) is 9.49. The number of hydrogen-bond acceptors (Lipinski definition) is 7. The fourth-order valence-electron chi connectivity index (χ4n) is 4.42. The van der Waals surface area contributed by atoms with Crippen LogP contribution in [0.4, 0.5) is 21.6 Å². The number of aromatic nitrogens is 2. The van der Waals surface area contributed by atoms with E-state index in [0.29, 0.717) is 60.1 Å². The zero-order chi connectivity index (χ0) is 23.7. The average molecular weight is 468 g/mol. The maximum Gasteiger partial charge on any atom is 0.255 e. The van der Waals surface area contributed by atoms with E-state index >= 15 is 0 Å². The van der Waals surface area contributed by atoms with Crippen molar-refractivity contribution in [2.75, 3.05) is 37.9 Å². The molecule has 0 radical (unpaired) electrons. The summed E-state index contributed by atoms with van der Waals surface area (Å²) < 4.78 is 31.4. The van der Waals surface area contributed by atoms with Gasteiger partial charge in [-0.15, -0.1) is 0 Å². The lowest BCUT2D eigenvalue weighted by atomic mass is 10.0. The second-order valence-electron chi connectivity index (χ2n) is 8.20. The fraction of sp³-hybridized carbons (Fsp3) is 0.333. The Kier molecular flexibility index (Phi) is 5.97. The number of ether oxygens (including phenoxy) is 3. The van der Waals surface area contributed by atoms with E-state index in [2.05, 4.69) is 20.6 Å². The van der Waals surface area contributed by atoms with E-state index in [9.17, 15) is 9.18 Å². The molecule has 178 valence electrons. The van der Waals surface area contributed by atoms with Crippen molar-refractivity contribution >= 4 is 23.1 Å². The Morgan fingerprint density at radius 3 is 3.00 bits per heavy atom. The highest BCUT2D eigenvalue weighted by molar-refractivity contribution is 6.06. The number of hydrogen-bond donors (Lipinski definition) is 4. The molecule has 0 spiro atoms. The summed E-state index contributed by atoms with van der Waals surface area (Å²) in [5.74, 6) is -0.0843. The minimum Gasteiger partial charge on any atom is -0.492 e. The molecule has 2 aliphatic rings. The molecule has 1 aromatic carbocycles. The molecule has 9 nitrogen and oxygen atoms in total. The molecule has 3 aromatic rings. The van der Waals surface area contributed by atoms with Crippen molar-refractivity contribution in [3.05, 3.63) is 47.5 Å². The van der Waals surface area contributed by atoms with Crippen LogP contribution in [-0.2, 0) is 11.2 Å². The molecule has 10 heteroatoms. The number of para-hydroxylation sites is 1. The first kappa shape index (κ1) is 22.0. The molecular weight excluding hydrogens is 441 g/mol. The van der Waals surface area contributed by atoms with Crippen LogP contribution in [0.2, 0.25) is 0 Å². The Labute approximate surface area is 195 Å². The van der Waals surface area contributed by atoms with E-state index in [1.165, 1.54) is 13.2 Å². The quantitative estimate of drug-likeness (QED) is 0.420. The summed E-state index contributed by atoms with van der Waals surface area (Å²) >= 11 is 0. The number of halogens is 1. The van der Waals surface area contributed by atoms with E-state index < -0.39 is 5.82 Å². The number of methoxy groups -OCH3 is 1. The normalized spacial score (nSPS) is 17.2. The van der Waals surface area contributed by atoms with Gasteiger partial charge in [0, 0.05) is 37.0 Å². The summed E-state index contributed by atoms with van der Waals surface area (Å²) in [7, 11) is 1.39. The molecule has 5 rings (SSSR count). The molecular formula is C24H26FN5O4. The maximum atomic E-state index is 14.4. The van der Waals surface area contributed by atoms with Gasteiger partial charge in [0.25, 0.3) is 5.91 Å². The number of pyridine rings is 1. The number of benzene rings is 1. The van der Waals surface area contributed by atoms with Gasteiger partial charge in [0.1, 0.15) is 6.61 Å². The van der Waals surface area contributed by atoms with Crippen molar-refractivity contribution in [2.24, 2.45) is 0 Å². The fourth-order valence-corrected chi connectivity index (χ4v) is 4.42. The Morgan fingerprint density at radius 1 is 1.32 bits per heavy atom. The first-order chi connectivity index (χ1) is 16.6. The molecule has 0 aliphatic carbocycles. The Morgan fingerprint density at radius 2 is 2.21 bits per heavy atom. The number of nitrogens with zero attached hydrogens (tertiary/aromatic N) is 1. The van der Waals surface area contributed by atoms with Crippen molar-refractivity contribution < 1.29 is 23.4 Å². The van der Waals surface area contributed by atoms with Gasteiger partial charge in [-0.05, 0) is 31.0 Å². The van der Waals surface area contributed by atoms with Crippen molar-refractivity contribution in [1.29, 1.82) is 0 Å². The van der Waals surface area contributed by atoms with Crippen LogP contribution in [0.15, 0.2) is 30.5 Å². The number of carbonyl (C=O) groups excluding carboxylic acids is 1. The van der Waals surface area contributed by atoms with Crippen LogP contribution in [0.1, 0.15) is 28.9 Å². The third-order valence-electron chi connectivity index (χ3n) is 6.04. The number of anilines is 3. The predicted molar refractivity (Wildman–Crippen MR) is 125 cm³/mol. The van der Waals surface area contributed by atoms with Crippen molar-refractivity contribution in [3.63, 3.8) is 0 Å². The van der Waals surface area contributed by atoms with Gasteiger partial charge in [-0.2, -0.15) is 0 Å². The summed E-state index contributed by atoms with van der Waals surface area (Å²) in [6.07, 6.45) is 4.09. The second-order valence-corrected chi connectivity index (χ2v) is 8.20. The minimum absolute atomic E-state index is 0.00997. The molecule has 2 aromatic heterocycles. The Bertz CT molecular complexity index is 1220. The van der Waals surface area contributed by atoms with Crippen LogP contribution >= 0.6 is 0 Å². The highest BCUT2D eigenvalue weighted by Crippen LogP contribution is 2.43. The van der Waals surface area contributed by atoms with E-state index in [4.69, 9.17) is 19.9 Å². The van der Waals surface area contributed by atoms with Gasteiger partial charge in [-0.1, -0.05) is 6.07 Å². The van der Waals surface area contributed by atoms with Crippen LogP contribution in [0.5, 0.6) is 11.5 Å². The van der Waals surface area contributed by atoms with Gasteiger partial charge in [-0.3, -0.25) is 4.79 Å². The van der Waals surface area contributed by atoms with E-state index in [1.54, 1.807) is 24.4 Å². The molecule has 0 bridgehead atoms. The topological polar surface area (TPSA) is 124 Å². The summed E-state index contributed by atoms with van der Waals surface area (Å²) in [6, 6.07) is 6.33. The SMILES string of the molecule is COc1c(F)cccc1Nc1c(-c2ccnc(N)c2OC[C@@H]2CCCO2)[nH]c2c1C(=O)NCC2. The second kappa shape index (κ2) is 9.22. The first-order valence-corrected chi connectivity index (χ1v) is 11.2. The lowest BCUT2D eigenvalue weighted by Gasteiger charge is -2.18. The molecule has 2 aliphatic heterocycles. The molecule has 0 saturated carbocycles. The highest BCUT2D eigenvalue weighted by atomic mass is 19.1. The van der Waals surface area contributed by atoms with Crippen molar-refractivity contribution in [2.45, 2.75) is 25.4 Å². The van der Waals surface area contributed by atoms with Gasteiger partial charge in [0.05, 0.1) is 35.8 Å². The lowest BCUT2D eigenvalue weighted by Crippen LogP contribution is -2.31. The zero-order valence-corrected chi connectivity index (χ0v) is 18.7. The number of H-pyrrole nitrogens is 1. The minimum atomic E-state index is -0.517. The van der Waals surface area contributed by atoms with Crippen LogP contribution in [-0.4, -0.2) is 48.8 Å². The molecule has 5 N–H and O–H groups in total. The predicted octanol–water partition coefficient (Wildman–Crippen LogP) is 3.39. The number of fused-ring (bicyclic) bond motifs is 1. The number of rotatable bonds is 7. The zero-order valence-electron chi connectivity index (χ0n) is 18.7. The van der Waals surface area contributed by atoms with Crippen LogP contribution < -0.4 is 25.8 Å². The Balaban J connectivity index is 1.61. The van der Waals surface area contributed by atoms with Crippen molar-refractivity contribution in [3.8, 4) is 22.8 Å². The van der Waals surface area contributed by atoms with Gasteiger partial charge in [-0.25, -0.2) is 9.37 Å². The van der Waals surface area contributed by atoms with Crippen LogP contribution in [0, 0.1) is 5.82 Å². The molecule has 34 heavy (non-hydrogen) atoms. The monoisotopic (exact) mass is 467 g/mol. The van der Waals surface area contributed by atoms with Gasteiger partial charge < -0.3 is 35.6 Å². The molecule has 0 unspecified atom stereocenters. The van der Waals surface area contributed by atoms with E-state index in [1.807, 2.05) is 0 Å². The van der Waals surface area contributed by atoms with Gasteiger partial charge in [0.2, 0.25) is 0 Å². The number of nitrogen functional groups attached to an aromatic ring is 1. The molecule has 1 amide bonds. The number of carbonyl (C=O) groups is 1. The first-order valence-electron chi connectivity index (χ1n) is 11.2. The third kappa shape index (κ3) is 4.01. The van der Waals surface area contributed by atoms with E-state index in [0.717, 1.165) is 18.5 Å². The summed E-state index contributed by atoms with van der Waals surface area (Å²) in [4.78, 5) is 20.4. The number of nitrogens with one attached hydrogen (secondary N) is 3. The number of amides is 1. The van der Waals surface area contributed by atoms with Crippen LogP contribution in [0.3, 0.4) is 0 Å². The van der Waals surface area contributed by atoms with Crippen LogP contribution in [0.25, 0.3) is 11.3 Å². The maximum absolute atomic E-state index is 14.4. The lowest BCUT2D eigenvalue weighted by molar-refractivity contribution is 0.0683. The number of aromatic amines is 1. The molecule has 4 heterocycles. The molecule has 1 fully saturated rings. The largest absolute Gasteiger partial charge is 0.492 e. The molecule has 1 atom stereocenters. The highest BCUT2D eigenvalue weighted by Gasteiger charge is 2.29. The van der Waals surface area contributed by atoms with Gasteiger partial charge in [0.15, 0.2) is 23.1 Å². The number of nitrogens with two attached hydrogens (primary N) is 1. The standard InChI is InChI=1S/C24H26FN5O4/c1-32-22-15(25)5-2-6-17(22)30-20-18-16(8-10-28-24(18)31)29-19(20)14-7-9-27-23(26)21(14)34-12-13-4-3-11-33-13/h2,5-7,9,13,29-30H,3-4,8,10-12H2,1H3,(H2,26,27)(H,28,31)/t13-/m0/s1. The van der Waals surface area contributed by atoms with Crippen molar-refractivity contribution in [1.82, 2.24) is 15.3 Å². The summed E-state index contributed by atoms with van der Waals surface area (Å²) in [5, 5.41) is 6.08. The molecule has 1 saturated heterocycles. The van der Waals surface area contributed by atoms with Gasteiger partial charge >= 0.3 is 0 Å².